The maximum absolute atomic E-state index is 12.4. The molecule has 1 heterocycles. The second-order valence-electron chi connectivity index (χ2n) is 6.08. The Bertz CT molecular complexity index is 870. The molecule has 5 heteroatoms. The molecule has 0 atom stereocenters. The van der Waals surface area contributed by atoms with Crippen molar-refractivity contribution in [2.24, 2.45) is 0 Å². The molecule has 24 heavy (non-hydrogen) atoms. The van der Waals surface area contributed by atoms with Gasteiger partial charge in [0, 0.05) is 5.69 Å². The number of aryl methyl sites for hydroxylation is 2. The molecular formula is C19H18N4O. The molecule has 2 aromatic carbocycles. The minimum atomic E-state index is -0.229. The Morgan fingerprint density at radius 1 is 1.08 bits per heavy atom. The van der Waals surface area contributed by atoms with E-state index in [1.165, 1.54) is 17.5 Å². The van der Waals surface area contributed by atoms with E-state index in [1.807, 2.05) is 36.4 Å². The van der Waals surface area contributed by atoms with E-state index in [0.717, 1.165) is 24.1 Å². The standard InChI is InChI=1S/C19H18N4O/c24-19(20-17-10-9-15-7-4-8-16(15)11-17)18-13-23(22-21-18)12-14-5-2-1-3-6-14/h1-3,5-6,9-11,13H,4,7-8,12H2,(H,20,24). The fourth-order valence-corrected chi connectivity index (χ4v) is 3.09. The Kier molecular flexibility index (Phi) is 3.83. The first kappa shape index (κ1) is 14.6. The molecule has 0 saturated heterocycles. The highest BCUT2D eigenvalue weighted by Crippen LogP contribution is 2.25. The van der Waals surface area contributed by atoms with Crippen molar-refractivity contribution in [2.75, 3.05) is 5.32 Å². The molecule has 1 N–H and O–H groups in total. The summed E-state index contributed by atoms with van der Waals surface area (Å²) in [5.74, 6) is -0.229. The van der Waals surface area contributed by atoms with Gasteiger partial charge in [-0.05, 0) is 48.1 Å². The number of amides is 1. The second-order valence-corrected chi connectivity index (χ2v) is 6.08. The zero-order valence-electron chi connectivity index (χ0n) is 13.3. The molecular weight excluding hydrogens is 300 g/mol. The van der Waals surface area contributed by atoms with E-state index < -0.39 is 0 Å². The summed E-state index contributed by atoms with van der Waals surface area (Å²) >= 11 is 0. The summed E-state index contributed by atoms with van der Waals surface area (Å²) < 4.78 is 1.67. The molecule has 5 nitrogen and oxygen atoms in total. The third kappa shape index (κ3) is 3.06. The first-order valence-corrected chi connectivity index (χ1v) is 8.15. The number of nitrogens with zero attached hydrogens (tertiary/aromatic N) is 3. The molecule has 0 fully saturated rings. The molecule has 1 aromatic heterocycles. The van der Waals surface area contributed by atoms with Crippen LogP contribution in [-0.4, -0.2) is 20.9 Å². The van der Waals surface area contributed by atoms with Gasteiger partial charge in [0.1, 0.15) is 0 Å². The molecule has 3 aromatic rings. The topological polar surface area (TPSA) is 59.8 Å². The van der Waals surface area contributed by atoms with Gasteiger partial charge in [-0.25, -0.2) is 4.68 Å². The number of carbonyl (C=O) groups is 1. The highest BCUT2D eigenvalue weighted by molar-refractivity contribution is 6.02. The lowest BCUT2D eigenvalue weighted by Gasteiger charge is -2.05. The third-order valence-electron chi connectivity index (χ3n) is 4.32. The van der Waals surface area contributed by atoms with E-state index in [-0.39, 0.29) is 5.91 Å². The Balaban J connectivity index is 1.45. The van der Waals surface area contributed by atoms with Gasteiger partial charge in [0.05, 0.1) is 12.7 Å². The summed E-state index contributed by atoms with van der Waals surface area (Å²) in [7, 11) is 0. The number of anilines is 1. The Labute approximate surface area is 140 Å². The van der Waals surface area contributed by atoms with Gasteiger partial charge in [-0.2, -0.15) is 0 Å². The zero-order valence-corrected chi connectivity index (χ0v) is 13.3. The van der Waals surface area contributed by atoms with Crippen molar-refractivity contribution < 1.29 is 4.79 Å². The molecule has 0 saturated carbocycles. The van der Waals surface area contributed by atoms with Gasteiger partial charge in [0.25, 0.3) is 5.91 Å². The van der Waals surface area contributed by atoms with Crippen LogP contribution in [-0.2, 0) is 19.4 Å². The van der Waals surface area contributed by atoms with Gasteiger partial charge in [-0.1, -0.05) is 41.6 Å². The predicted octanol–water partition coefficient (Wildman–Crippen LogP) is 3.07. The van der Waals surface area contributed by atoms with Crippen molar-refractivity contribution in [3.63, 3.8) is 0 Å². The average molecular weight is 318 g/mol. The van der Waals surface area contributed by atoms with Gasteiger partial charge in [0.15, 0.2) is 5.69 Å². The second kappa shape index (κ2) is 6.28. The SMILES string of the molecule is O=C(Nc1ccc2c(c1)CCC2)c1cn(Cc2ccccc2)nn1. The number of carbonyl (C=O) groups excluding carboxylic acids is 1. The summed E-state index contributed by atoms with van der Waals surface area (Å²) in [5.41, 5.74) is 4.99. The van der Waals surface area contributed by atoms with Gasteiger partial charge in [-0.3, -0.25) is 4.79 Å². The van der Waals surface area contributed by atoms with Crippen molar-refractivity contribution in [3.8, 4) is 0 Å². The first-order valence-electron chi connectivity index (χ1n) is 8.15. The minimum Gasteiger partial charge on any atom is -0.321 e. The van der Waals surface area contributed by atoms with Crippen LogP contribution in [0.15, 0.2) is 54.7 Å². The van der Waals surface area contributed by atoms with E-state index in [9.17, 15) is 4.79 Å². The summed E-state index contributed by atoms with van der Waals surface area (Å²) in [5, 5.41) is 10.9. The van der Waals surface area contributed by atoms with Crippen LogP contribution in [0.5, 0.6) is 0 Å². The van der Waals surface area contributed by atoms with Crippen molar-refractivity contribution >= 4 is 11.6 Å². The van der Waals surface area contributed by atoms with Crippen LogP contribution in [0.3, 0.4) is 0 Å². The normalized spacial score (nSPS) is 12.8. The van der Waals surface area contributed by atoms with Crippen LogP contribution < -0.4 is 5.32 Å². The van der Waals surface area contributed by atoms with Crippen LogP contribution in [0, 0.1) is 0 Å². The lowest BCUT2D eigenvalue weighted by Crippen LogP contribution is -2.12. The van der Waals surface area contributed by atoms with Gasteiger partial charge in [0.2, 0.25) is 0 Å². The van der Waals surface area contributed by atoms with Crippen LogP contribution in [0.4, 0.5) is 5.69 Å². The molecule has 0 bridgehead atoms. The number of fused-ring (bicyclic) bond motifs is 1. The molecule has 120 valence electrons. The fraction of sp³-hybridized carbons (Fsp3) is 0.211. The van der Waals surface area contributed by atoms with Crippen molar-refractivity contribution in [1.82, 2.24) is 15.0 Å². The Morgan fingerprint density at radius 3 is 2.79 bits per heavy atom. The van der Waals surface area contributed by atoms with E-state index in [4.69, 9.17) is 0 Å². The quantitative estimate of drug-likeness (QED) is 0.804. The van der Waals surface area contributed by atoms with Gasteiger partial charge >= 0.3 is 0 Å². The lowest BCUT2D eigenvalue weighted by atomic mass is 10.1. The number of benzene rings is 2. The lowest BCUT2D eigenvalue weighted by molar-refractivity contribution is 0.102. The van der Waals surface area contributed by atoms with Gasteiger partial charge in [-0.15, -0.1) is 5.10 Å². The van der Waals surface area contributed by atoms with Crippen molar-refractivity contribution in [1.29, 1.82) is 0 Å². The highest BCUT2D eigenvalue weighted by Gasteiger charge is 2.14. The van der Waals surface area contributed by atoms with E-state index >= 15 is 0 Å². The number of nitrogens with one attached hydrogen (secondary N) is 1. The summed E-state index contributed by atoms with van der Waals surface area (Å²) in [4.78, 5) is 12.4. The van der Waals surface area contributed by atoms with Crippen LogP contribution in [0.2, 0.25) is 0 Å². The fourth-order valence-electron chi connectivity index (χ4n) is 3.09. The zero-order chi connectivity index (χ0) is 16.4. The molecule has 1 amide bonds. The molecule has 0 spiro atoms. The van der Waals surface area contributed by atoms with Crippen molar-refractivity contribution in [2.45, 2.75) is 25.8 Å². The maximum Gasteiger partial charge on any atom is 0.277 e. The number of hydrogen-bond donors (Lipinski definition) is 1. The Hall–Kier alpha value is -2.95. The van der Waals surface area contributed by atoms with Crippen molar-refractivity contribution in [3.05, 3.63) is 77.1 Å². The number of aromatic nitrogens is 3. The summed E-state index contributed by atoms with van der Waals surface area (Å²) in [6.07, 6.45) is 5.10. The molecule has 0 unspecified atom stereocenters. The van der Waals surface area contributed by atoms with E-state index in [1.54, 1.807) is 10.9 Å². The molecule has 4 rings (SSSR count). The average Bonchev–Trinajstić information content (AvgIpc) is 3.24. The number of hydrogen-bond acceptors (Lipinski definition) is 3. The molecule has 0 aliphatic heterocycles. The minimum absolute atomic E-state index is 0.229. The smallest absolute Gasteiger partial charge is 0.277 e. The number of rotatable bonds is 4. The van der Waals surface area contributed by atoms with E-state index in [2.05, 4.69) is 27.8 Å². The molecule has 1 aliphatic rings. The van der Waals surface area contributed by atoms with Crippen LogP contribution in [0.25, 0.3) is 0 Å². The van der Waals surface area contributed by atoms with Crippen LogP contribution >= 0.6 is 0 Å². The molecule has 0 radical (unpaired) electrons. The highest BCUT2D eigenvalue weighted by atomic mass is 16.2. The maximum atomic E-state index is 12.4. The molecule has 1 aliphatic carbocycles. The van der Waals surface area contributed by atoms with Crippen LogP contribution in [0.1, 0.15) is 33.6 Å². The largest absolute Gasteiger partial charge is 0.321 e. The van der Waals surface area contributed by atoms with E-state index in [0.29, 0.717) is 12.2 Å². The predicted molar refractivity (Wildman–Crippen MR) is 92.0 cm³/mol. The Morgan fingerprint density at radius 2 is 1.92 bits per heavy atom. The van der Waals surface area contributed by atoms with Gasteiger partial charge < -0.3 is 5.32 Å². The summed E-state index contributed by atoms with van der Waals surface area (Å²) in [6, 6.07) is 16.1. The third-order valence-corrected chi connectivity index (χ3v) is 4.32. The summed E-state index contributed by atoms with van der Waals surface area (Å²) in [6.45, 7) is 0.597. The monoisotopic (exact) mass is 318 g/mol. The first-order chi connectivity index (χ1) is 11.8.